The zero-order chi connectivity index (χ0) is 24.6. The number of carbonyl (C=O) groups excluding carboxylic acids is 2. The normalized spacial score (nSPS) is 29.8. The van der Waals surface area contributed by atoms with Crippen LogP contribution in [0.1, 0.15) is 56.9 Å². The van der Waals surface area contributed by atoms with Crippen LogP contribution in [0.15, 0.2) is 18.2 Å². The zero-order valence-corrected chi connectivity index (χ0v) is 20.0. The average Bonchev–Trinajstić information content (AvgIpc) is 2.81. The number of hydrogen-bond donors (Lipinski definition) is 2. The number of amides is 2. The predicted octanol–water partition coefficient (Wildman–Crippen LogP) is 4.59. The van der Waals surface area contributed by atoms with Gasteiger partial charge in [0, 0.05) is 31.5 Å². The standard InChI is InChI=1S/C26H34F3N3O3/c27-26(28,29)20-3-4-22(32-6-8-35-9-7-32)21(13-20)31-23(33)2-1-5-30-24(34)25-14-17-10-18(15-25)12-19(11-17)16-25/h3-4,13,17-19H,1-2,5-12,14-16H2,(H,30,34)(H,31,33). The van der Waals surface area contributed by atoms with Gasteiger partial charge in [0.25, 0.3) is 0 Å². The van der Waals surface area contributed by atoms with Crippen molar-refractivity contribution in [3.05, 3.63) is 23.8 Å². The molecule has 6 nitrogen and oxygen atoms in total. The molecule has 192 valence electrons. The second kappa shape index (κ2) is 9.64. The van der Waals surface area contributed by atoms with Crippen molar-refractivity contribution in [1.82, 2.24) is 5.32 Å². The van der Waals surface area contributed by atoms with E-state index in [1.54, 1.807) is 0 Å². The summed E-state index contributed by atoms with van der Waals surface area (Å²) in [5, 5.41) is 5.74. The summed E-state index contributed by atoms with van der Waals surface area (Å²) >= 11 is 0. The topological polar surface area (TPSA) is 70.7 Å². The summed E-state index contributed by atoms with van der Waals surface area (Å²) in [5.41, 5.74) is -0.302. The Morgan fingerprint density at radius 1 is 1.03 bits per heavy atom. The van der Waals surface area contributed by atoms with E-state index in [-0.39, 0.29) is 29.3 Å². The van der Waals surface area contributed by atoms with E-state index in [1.807, 2.05) is 4.90 Å². The third-order valence-corrected chi connectivity index (χ3v) is 8.34. The quantitative estimate of drug-likeness (QED) is 0.545. The number of halogens is 3. The molecule has 9 heteroatoms. The van der Waals surface area contributed by atoms with Gasteiger partial charge in [-0.2, -0.15) is 13.2 Å². The summed E-state index contributed by atoms with van der Waals surface area (Å²) in [7, 11) is 0. The molecule has 0 unspecified atom stereocenters. The maximum Gasteiger partial charge on any atom is 0.416 e. The lowest BCUT2D eigenvalue weighted by molar-refractivity contribution is -0.146. The minimum absolute atomic E-state index is 0.125. The highest BCUT2D eigenvalue weighted by molar-refractivity contribution is 5.94. The summed E-state index contributed by atoms with van der Waals surface area (Å²) in [6.07, 6.45) is 2.86. The number of hydrogen-bond acceptors (Lipinski definition) is 4. The Bertz CT molecular complexity index is 924. The van der Waals surface area contributed by atoms with Crippen LogP contribution in [-0.4, -0.2) is 44.7 Å². The molecule has 1 aromatic carbocycles. The summed E-state index contributed by atoms with van der Waals surface area (Å²) in [4.78, 5) is 27.6. The maximum absolute atomic E-state index is 13.3. The summed E-state index contributed by atoms with van der Waals surface area (Å²) in [6.45, 7) is 2.46. The second-order valence-corrected chi connectivity index (χ2v) is 10.9. The third kappa shape index (κ3) is 5.29. The van der Waals surface area contributed by atoms with E-state index in [2.05, 4.69) is 10.6 Å². The largest absolute Gasteiger partial charge is 0.416 e. The molecule has 5 aliphatic rings. The second-order valence-electron chi connectivity index (χ2n) is 10.9. The van der Waals surface area contributed by atoms with E-state index in [0.29, 0.717) is 62.7 Å². The van der Waals surface area contributed by atoms with Gasteiger partial charge in [-0.25, -0.2) is 0 Å². The van der Waals surface area contributed by atoms with E-state index in [4.69, 9.17) is 4.74 Å². The van der Waals surface area contributed by atoms with Crippen LogP contribution < -0.4 is 15.5 Å². The van der Waals surface area contributed by atoms with Crippen molar-refractivity contribution < 1.29 is 27.5 Å². The van der Waals surface area contributed by atoms with Crippen LogP contribution in [0.2, 0.25) is 0 Å². The van der Waals surface area contributed by atoms with Crippen molar-refractivity contribution in [2.45, 2.75) is 57.5 Å². The molecule has 5 fully saturated rings. The van der Waals surface area contributed by atoms with Gasteiger partial charge in [-0.1, -0.05) is 0 Å². The van der Waals surface area contributed by atoms with Crippen molar-refractivity contribution in [3.8, 4) is 0 Å². The monoisotopic (exact) mass is 493 g/mol. The molecule has 6 rings (SSSR count). The Kier molecular flexibility index (Phi) is 6.72. The highest BCUT2D eigenvalue weighted by Gasteiger charge is 2.54. The highest BCUT2D eigenvalue weighted by Crippen LogP contribution is 2.60. The lowest BCUT2D eigenvalue weighted by atomic mass is 9.49. The van der Waals surface area contributed by atoms with Crippen molar-refractivity contribution in [3.63, 3.8) is 0 Å². The van der Waals surface area contributed by atoms with Gasteiger partial charge >= 0.3 is 6.18 Å². The summed E-state index contributed by atoms with van der Waals surface area (Å²) < 4.78 is 45.2. The molecule has 4 saturated carbocycles. The molecule has 1 aliphatic heterocycles. The van der Waals surface area contributed by atoms with Gasteiger partial charge in [-0.15, -0.1) is 0 Å². The molecular formula is C26H34F3N3O3. The fourth-order valence-electron chi connectivity index (χ4n) is 7.13. The predicted molar refractivity (Wildman–Crippen MR) is 126 cm³/mol. The van der Waals surface area contributed by atoms with Crippen LogP contribution in [-0.2, 0) is 20.5 Å². The molecule has 1 heterocycles. The van der Waals surface area contributed by atoms with Gasteiger partial charge in [0.2, 0.25) is 11.8 Å². The van der Waals surface area contributed by atoms with Crippen molar-refractivity contribution in [2.75, 3.05) is 43.1 Å². The number of nitrogens with one attached hydrogen (secondary N) is 2. The molecule has 0 radical (unpaired) electrons. The molecule has 2 N–H and O–H groups in total. The Hall–Kier alpha value is -2.29. The molecular weight excluding hydrogens is 459 g/mol. The zero-order valence-electron chi connectivity index (χ0n) is 20.0. The lowest BCUT2D eigenvalue weighted by Crippen LogP contribution is -2.53. The Morgan fingerprint density at radius 3 is 2.26 bits per heavy atom. The number of ether oxygens (including phenoxy) is 1. The first-order valence-electron chi connectivity index (χ1n) is 12.8. The minimum Gasteiger partial charge on any atom is -0.378 e. The molecule has 1 aromatic rings. The van der Waals surface area contributed by atoms with Gasteiger partial charge in [0.15, 0.2) is 0 Å². The van der Waals surface area contributed by atoms with Gasteiger partial charge in [0.05, 0.1) is 30.2 Å². The smallest absolute Gasteiger partial charge is 0.378 e. The van der Waals surface area contributed by atoms with E-state index < -0.39 is 11.7 Å². The summed E-state index contributed by atoms with van der Waals surface area (Å²) in [5.74, 6) is 1.83. The molecule has 4 bridgehead atoms. The summed E-state index contributed by atoms with van der Waals surface area (Å²) in [6, 6.07) is 3.45. The molecule has 35 heavy (non-hydrogen) atoms. The van der Waals surface area contributed by atoms with Gasteiger partial charge < -0.3 is 20.3 Å². The molecule has 0 atom stereocenters. The number of carbonyl (C=O) groups is 2. The number of benzene rings is 1. The number of rotatable bonds is 7. The van der Waals surface area contributed by atoms with E-state index >= 15 is 0 Å². The SMILES string of the molecule is O=C(CCCNC(=O)C12CC3CC(CC(C3)C1)C2)Nc1cc(C(F)(F)F)ccc1N1CCOCC1. The van der Waals surface area contributed by atoms with Crippen LogP contribution >= 0.6 is 0 Å². The van der Waals surface area contributed by atoms with Gasteiger partial charge in [0.1, 0.15) is 0 Å². The van der Waals surface area contributed by atoms with E-state index in [1.165, 1.54) is 25.3 Å². The van der Waals surface area contributed by atoms with Gasteiger partial charge in [-0.3, -0.25) is 9.59 Å². The Balaban J connectivity index is 1.15. The molecule has 2 amide bonds. The van der Waals surface area contributed by atoms with Crippen LogP contribution in [0.4, 0.5) is 24.5 Å². The van der Waals surface area contributed by atoms with Crippen LogP contribution in [0.3, 0.4) is 0 Å². The fraction of sp³-hybridized carbons (Fsp3) is 0.692. The lowest BCUT2D eigenvalue weighted by Gasteiger charge is -2.55. The van der Waals surface area contributed by atoms with Crippen LogP contribution in [0.25, 0.3) is 0 Å². The molecule has 4 aliphatic carbocycles. The van der Waals surface area contributed by atoms with Crippen LogP contribution in [0, 0.1) is 23.2 Å². The first-order valence-corrected chi connectivity index (χ1v) is 12.8. The van der Waals surface area contributed by atoms with Crippen molar-refractivity contribution in [1.29, 1.82) is 0 Å². The van der Waals surface area contributed by atoms with E-state index in [0.717, 1.165) is 31.4 Å². The maximum atomic E-state index is 13.3. The van der Waals surface area contributed by atoms with Crippen molar-refractivity contribution in [2.24, 2.45) is 23.2 Å². The van der Waals surface area contributed by atoms with E-state index in [9.17, 15) is 22.8 Å². The number of nitrogens with zero attached hydrogens (tertiary/aromatic N) is 1. The average molecular weight is 494 g/mol. The molecule has 1 saturated heterocycles. The highest BCUT2D eigenvalue weighted by atomic mass is 19.4. The Labute approximate surface area is 203 Å². The number of anilines is 2. The number of alkyl halides is 3. The molecule has 0 spiro atoms. The fourth-order valence-corrected chi connectivity index (χ4v) is 7.13. The first kappa shape index (κ1) is 24.4. The first-order chi connectivity index (χ1) is 16.7. The third-order valence-electron chi connectivity index (χ3n) is 8.34. The minimum atomic E-state index is -4.50. The van der Waals surface area contributed by atoms with Crippen molar-refractivity contribution >= 4 is 23.2 Å². The number of morpholine rings is 1. The van der Waals surface area contributed by atoms with Crippen LogP contribution in [0.5, 0.6) is 0 Å². The molecule has 0 aromatic heterocycles. The van der Waals surface area contributed by atoms with Gasteiger partial charge in [-0.05, 0) is 80.9 Å². The Morgan fingerprint density at radius 2 is 1.66 bits per heavy atom.